The fourth-order valence-electron chi connectivity index (χ4n) is 3.17. The van der Waals surface area contributed by atoms with Crippen LogP contribution in [-0.4, -0.2) is 24.5 Å². The first-order valence-corrected chi connectivity index (χ1v) is 12.5. The minimum absolute atomic E-state index is 0.504. The van der Waals surface area contributed by atoms with Gasteiger partial charge in [-0.05, 0) is 74.2 Å². The molecule has 2 aromatic carbocycles. The lowest BCUT2D eigenvalue weighted by molar-refractivity contribution is -0.159. The van der Waals surface area contributed by atoms with E-state index in [1.165, 1.54) is 0 Å². The summed E-state index contributed by atoms with van der Waals surface area (Å²) in [5.74, 6) is 0.327. The van der Waals surface area contributed by atoms with Gasteiger partial charge in [0, 0.05) is 34.8 Å². The second kappa shape index (κ2) is 14.3. The van der Waals surface area contributed by atoms with Crippen molar-refractivity contribution in [2.24, 2.45) is 0 Å². The summed E-state index contributed by atoms with van der Waals surface area (Å²) in [7, 11) is 0. The van der Waals surface area contributed by atoms with Gasteiger partial charge in [0.05, 0.1) is 0 Å². The first-order valence-electron chi connectivity index (χ1n) is 11.7. The number of aryl methyl sites for hydroxylation is 2. The zero-order valence-corrected chi connectivity index (χ0v) is 21.7. The number of benzene rings is 2. The van der Waals surface area contributed by atoms with E-state index in [2.05, 4.69) is 13.2 Å². The van der Waals surface area contributed by atoms with E-state index in [1.807, 2.05) is 64.1 Å². The maximum absolute atomic E-state index is 11.6. The Kier molecular flexibility index (Phi) is 11.4. The molecule has 2 aromatic rings. The van der Waals surface area contributed by atoms with Crippen molar-refractivity contribution in [2.45, 2.75) is 75.7 Å². The van der Waals surface area contributed by atoms with Gasteiger partial charge in [-0.3, -0.25) is 0 Å². The molecule has 0 aliphatic carbocycles. The van der Waals surface area contributed by atoms with Crippen LogP contribution in [0.25, 0.3) is 0 Å². The largest absolute Gasteiger partial charge is 0.454 e. The normalized spacial score (nSPS) is 12.2. The van der Waals surface area contributed by atoms with Crippen LogP contribution in [0.2, 0.25) is 0 Å². The number of esters is 2. The first-order chi connectivity index (χ1) is 16.8. The summed E-state index contributed by atoms with van der Waals surface area (Å²) in [5, 5.41) is 0. The molecule has 35 heavy (non-hydrogen) atoms. The summed E-state index contributed by atoms with van der Waals surface area (Å²) in [6, 6.07) is 11.8. The van der Waals surface area contributed by atoms with Crippen LogP contribution in [0.15, 0.2) is 71.5 Å². The van der Waals surface area contributed by atoms with Crippen LogP contribution >= 0.6 is 11.8 Å². The van der Waals surface area contributed by atoms with Crippen molar-refractivity contribution < 1.29 is 28.5 Å². The molecule has 0 saturated carbocycles. The van der Waals surface area contributed by atoms with Crippen molar-refractivity contribution in [2.75, 3.05) is 0 Å². The maximum Gasteiger partial charge on any atom is 0.333 e. The van der Waals surface area contributed by atoms with Crippen molar-refractivity contribution in [1.82, 2.24) is 0 Å². The Balaban J connectivity index is 2.08. The molecule has 2 rings (SSSR count). The number of hydrogen-bond donors (Lipinski definition) is 0. The summed E-state index contributed by atoms with van der Waals surface area (Å²) >= 11 is 1.61. The lowest BCUT2D eigenvalue weighted by atomic mass is 10.2. The van der Waals surface area contributed by atoms with Crippen molar-refractivity contribution >= 4 is 23.7 Å². The average Bonchev–Trinajstić information content (AvgIpc) is 2.82. The van der Waals surface area contributed by atoms with E-state index >= 15 is 0 Å². The summed E-state index contributed by atoms with van der Waals surface area (Å²) in [4.78, 5) is 25.2. The number of carbonyl (C=O) groups is 2. The molecule has 6 nitrogen and oxygen atoms in total. The van der Waals surface area contributed by atoms with Gasteiger partial charge in [0.2, 0.25) is 12.6 Å². The Labute approximate surface area is 212 Å². The molecule has 0 N–H and O–H groups in total. The molecule has 0 fully saturated rings. The fourth-order valence-corrected chi connectivity index (χ4v) is 4.18. The Morgan fingerprint density at radius 2 is 1.20 bits per heavy atom. The van der Waals surface area contributed by atoms with E-state index in [0.717, 1.165) is 45.9 Å². The second-order valence-electron chi connectivity index (χ2n) is 7.91. The highest BCUT2D eigenvalue weighted by Gasteiger charge is 2.17. The summed E-state index contributed by atoms with van der Waals surface area (Å²) in [5.41, 5.74) is 1.88. The Morgan fingerprint density at radius 1 is 0.800 bits per heavy atom. The molecule has 7 heteroatoms. The highest BCUT2D eigenvalue weighted by atomic mass is 32.2. The third kappa shape index (κ3) is 9.17. The molecule has 0 saturated heterocycles. The lowest BCUT2D eigenvalue weighted by Gasteiger charge is -2.20. The third-order valence-electron chi connectivity index (χ3n) is 4.92. The molecule has 0 aliphatic heterocycles. The summed E-state index contributed by atoms with van der Waals surface area (Å²) in [6.07, 6.45) is 3.78. The van der Waals surface area contributed by atoms with Gasteiger partial charge in [-0.1, -0.05) is 38.8 Å². The van der Waals surface area contributed by atoms with Crippen molar-refractivity contribution in [3.8, 4) is 11.5 Å². The van der Waals surface area contributed by atoms with Crippen LogP contribution in [0.3, 0.4) is 0 Å². The SMILES string of the molecule is C=CC(=O)OC(CCC)Oc1ccc(Sc2ccc(OC(CCC)OC(=O)C=C)c(C)c2)cc1C. The van der Waals surface area contributed by atoms with Gasteiger partial charge in [-0.25, -0.2) is 9.59 Å². The minimum Gasteiger partial charge on any atom is -0.454 e. The van der Waals surface area contributed by atoms with Gasteiger partial charge in [0.15, 0.2) is 0 Å². The van der Waals surface area contributed by atoms with E-state index in [-0.39, 0.29) is 0 Å². The van der Waals surface area contributed by atoms with Crippen molar-refractivity contribution in [3.63, 3.8) is 0 Å². The quantitative estimate of drug-likeness (QED) is 0.159. The molecule has 2 unspecified atom stereocenters. The lowest BCUT2D eigenvalue weighted by Crippen LogP contribution is -2.23. The second-order valence-corrected chi connectivity index (χ2v) is 9.06. The van der Waals surface area contributed by atoms with Crippen LogP contribution in [0, 0.1) is 13.8 Å². The summed E-state index contributed by atoms with van der Waals surface area (Å²) < 4.78 is 22.4. The molecule has 0 heterocycles. The zero-order chi connectivity index (χ0) is 25.8. The molecule has 0 radical (unpaired) electrons. The van der Waals surface area contributed by atoms with Crippen LogP contribution in [-0.2, 0) is 19.1 Å². The zero-order valence-electron chi connectivity index (χ0n) is 20.9. The van der Waals surface area contributed by atoms with E-state index in [0.29, 0.717) is 24.3 Å². The molecule has 0 aliphatic rings. The summed E-state index contributed by atoms with van der Waals surface area (Å²) in [6.45, 7) is 14.8. The molecular weight excluding hydrogens is 464 g/mol. The van der Waals surface area contributed by atoms with Gasteiger partial charge in [0.25, 0.3) is 0 Å². The van der Waals surface area contributed by atoms with Gasteiger partial charge in [0.1, 0.15) is 11.5 Å². The van der Waals surface area contributed by atoms with Crippen molar-refractivity contribution in [3.05, 3.63) is 72.8 Å². The highest BCUT2D eigenvalue weighted by molar-refractivity contribution is 7.99. The Morgan fingerprint density at radius 3 is 1.51 bits per heavy atom. The topological polar surface area (TPSA) is 71.1 Å². The standard InChI is InChI=1S/C28H34O6S/c1-7-11-27(33-25(29)9-3)31-23-15-13-21(17-19(23)5)35-22-14-16-24(20(6)18-22)32-28(12-8-2)34-26(30)10-4/h9-10,13-18,27-28H,3-4,7-8,11-12H2,1-2,5-6H3. The van der Waals surface area contributed by atoms with Gasteiger partial charge in [-0.15, -0.1) is 0 Å². The van der Waals surface area contributed by atoms with Gasteiger partial charge < -0.3 is 18.9 Å². The smallest absolute Gasteiger partial charge is 0.333 e. The number of rotatable bonds is 14. The molecule has 2 atom stereocenters. The Hall–Kier alpha value is -3.19. The van der Waals surface area contributed by atoms with E-state index < -0.39 is 24.5 Å². The molecule has 0 amide bonds. The van der Waals surface area contributed by atoms with E-state index in [4.69, 9.17) is 18.9 Å². The molecular formula is C28H34O6S. The van der Waals surface area contributed by atoms with E-state index in [9.17, 15) is 9.59 Å². The predicted octanol–water partition coefficient (Wildman–Crippen LogP) is 6.92. The molecule has 188 valence electrons. The first kappa shape index (κ1) is 28.1. The minimum atomic E-state index is -0.653. The number of hydrogen-bond acceptors (Lipinski definition) is 7. The van der Waals surface area contributed by atoms with Crippen LogP contribution < -0.4 is 9.47 Å². The van der Waals surface area contributed by atoms with Gasteiger partial charge >= 0.3 is 11.9 Å². The molecule has 0 spiro atoms. The van der Waals surface area contributed by atoms with Crippen LogP contribution in [0.4, 0.5) is 0 Å². The average molecular weight is 499 g/mol. The monoisotopic (exact) mass is 498 g/mol. The van der Waals surface area contributed by atoms with E-state index in [1.54, 1.807) is 11.8 Å². The highest BCUT2D eigenvalue weighted by Crippen LogP contribution is 2.34. The Bertz CT molecular complexity index is 951. The maximum atomic E-state index is 11.6. The molecule has 0 aromatic heterocycles. The third-order valence-corrected chi connectivity index (χ3v) is 5.90. The van der Waals surface area contributed by atoms with Crippen LogP contribution in [0.1, 0.15) is 50.7 Å². The number of carbonyl (C=O) groups excluding carboxylic acids is 2. The predicted molar refractivity (Wildman–Crippen MR) is 138 cm³/mol. The fraction of sp³-hybridized carbons (Fsp3) is 0.357. The van der Waals surface area contributed by atoms with Crippen LogP contribution in [0.5, 0.6) is 11.5 Å². The molecule has 0 bridgehead atoms. The number of ether oxygens (including phenoxy) is 4. The van der Waals surface area contributed by atoms with Crippen molar-refractivity contribution in [1.29, 1.82) is 0 Å². The van der Waals surface area contributed by atoms with Gasteiger partial charge in [-0.2, -0.15) is 0 Å².